The van der Waals surface area contributed by atoms with Gasteiger partial charge in [-0.15, -0.1) is 0 Å². The predicted molar refractivity (Wildman–Crippen MR) is 57.8 cm³/mol. The molecule has 0 saturated heterocycles. The van der Waals surface area contributed by atoms with Crippen LogP contribution < -0.4 is 5.73 Å². The van der Waals surface area contributed by atoms with E-state index in [9.17, 15) is 4.39 Å². The highest BCUT2D eigenvalue weighted by Gasteiger charge is 2.10. The van der Waals surface area contributed by atoms with Crippen LogP contribution in [0, 0.1) is 11.7 Å². The summed E-state index contributed by atoms with van der Waals surface area (Å²) in [7, 11) is 0. The van der Waals surface area contributed by atoms with Crippen molar-refractivity contribution in [3.8, 4) is 0 Å². The highest BCUT2D eigenvalue weighted by molar-refractivity contribution is 6.30. The molecular weight excluding hydrogens is 201 g/mol. The molecule has 1 aromatic rings. The standard InChI is InChI=1S/C11H15ClFN/c1-7(2)3-11(14)8-4-9(12)6-10(13)5-8/h4-7,11H,3,14H2,1-2H3/t11-/m1/s1. The Kier molecular flexibility index (Phi) is 3.90. The molecule has 0 saturated carbocycles. The van der Waals surface area contributed by atoms with Gasteiger partial charge in [-0.1, -0.05) is 25.4 Å². The van der Waals surface area contributed by atoms with E-state index in [4.69, 9.17) is 17.3 Å². The van der Waals surface area contributed by atoms with E-state index in [1.54, 1.807) is 6.07 Å². The normalized spacial score (nSPS) is 13.3. The van der Waals surface area contributed by atoms with Gasteiger partial charge >= 0.3 is 0 Å². The Bertz CT molecular complexity index is 292. The lowest BCUT2D eigenvalue weighted by Gasteiger charge is -2.14. The van der Waals surface area contributed by atoms with Crippen LogP contribution in [0.15, 0.2) is 18.2 Å². The van der Waals surface area contributed by atoms with Crippen molar-refractivity contribution in [2.75, 3.05) is 0 Å². The average molecular weight is 216 g/mol. The zero-order valence-electron chi connectivity index (χ0n) is 8.43. The van der Waals surface area contributed by atoms with Crippen LogP contribution in [-0.2, 0) is 0 Å². The molecule has 78 valence electrons. The summed E-state index contributed by atoms with van der Waals surface area (Å²) in [4.78, 5) is 0. The number of benzene rings is 1. The van der Waals surface area contributed by atoms with E-state index in [0.717, 1.165) is 12.0 Å². The molecule has 0 unspecified atom stereocenters. The van der Waals surface area contributed by atoms with E-state index in [1.807, 2.05) is 0 Å². The minimum absolute atomic E-state index is 0.136. The Hall–Kier alpha value is -0.600. The molecule has 3 heteroatoms. The van der Waals surface area contributed by atoms with Crippen molar-refractivity contribution in [3.05, 3.63) is 34.6 Å². The van der Waals surface area contributed by atoms with Crippen LogP contribution in [0.3, 0.4) is 0 Å². The van der Waals surface area contributed by atoms with Crippen LogP contribution in [0.4, 0.5) is 4.39 Å². The second kappa shape index (κ2) is 4.76. The van der Waals surface area contributed by atoms with E-state index in [-0.39, 0.29) is 11.9 Å². The molecule has 0 amide bonds. The van der Waals surface area contributed by atoms with Gasteiger partial charge < -0.3 is 5.73 Å². The first kappa shape index (κ1) is 11.5. The van der Waals surface area contributed by atoms with Crippen LogP contribution in [0.1, 0.15) is 31.9 Å². The summed E-state index contributed by atoms with van der Waals surface area (Å²) in [6.07, 6.45) is 0.833. The van der Waals surface area contributed by atoms with Gasteiger partial charge in [0.1, 0.15) is 5.82 Å². The maximum Gasteiger partial charge on any atom is 0.125 e. The molecule has 0 aliphatic carbocycles. The van der Waals surface area contributed by atoms with Gasteiger partial charge in [0, 0.05) is 11.1 Å². The Morgan fingerprint density at radius 1 is 1.36 bits per heavy atom. The first-order valence-electron chi connectivity index (χ1n) is 4.70. The van der Waals surface area contributed by atoms with Gasteiger partial charge in [0.05, 0.1) is 0 Å². The van der Waals surface area contributed by atoms with Crippen molar-refractivity contribution in [3.63, 3.8) is 0 Å². The van der Waals surface area contributed by atoms with Crippen molar-refractivity contribution in [1.82, 2.24) is 0 Å². The lowest BCUT2D eigenvalue weighted by molar-refractivity contribution is 0.507. The molecule has 0 fully saturated rings. The van der Waals surface area contributed by atoms with Gasteiger partial charge in [-0.3, -0.25) is 0 Å². The average Bonchev–Trinajstić information content (AvgIpc) is 2.00. The SMILES string of the molecule is CC(C)C[C@@H](N)c1cc(F)cc(Cl)c1. The molecule has 0 aliphatic heterocycles. The Balaban J connectivity index is 2.84. The first-order chi connectivity index (χ1) is 6.49. The molecule has 0 spiro atoms. The van der Waals surface area contributed by atoms with Gasteiger partial charge in [0.15, 0.2) is 0 Å². The van der Waals surface area contributed by atoms with Crippen molar-refractivity contribution >= 4 is 11.6 Å². The molecule has 0 bridgehead atoms. The Labute approximate surface area is 89.1 Å². The molecule has 0 radical (unpaired) electrons. The van der Waals surface area contributed by atoms with Gasteiger partial charge in [0.2, 0.25) is 0 Å². The molecule has 0 heterocycles. The van der Waals surface area contributed by atoms with Gasteiger partial charge in [-0.2, -0.15) is 0 Å². The molecule has 1 atom stereocenters. The molecule has 1 nitrogen and oxygen atoms in total. The topological polar surface area (TPSA) is 26.0 Å². The van der Waals surface area contributed by atoms with Crippen LogP contribution in [-0.4, -0.2) is 0 Å². The lowest BCUT2D eigenvalue weighted by Crippen LogP contribution is -2.13. The largest absolute Gasteiger partial charge is 0.324 e. The third kappa shape index (κ3) is 3.28. The second-order valence-electron chi connectivity index (χ2n) is 3.94. The highest BCUT2D eigenvalue weighted by Crippen LogP contribution is 2.22. The predicted octanol–water partition coefficient (Wildman–Crippen LogP) is 3.53. The fourth-order valence-corrected chi connectivity index (χ4v) is 1.66. The van der Waals surface area contributed by atoms with E-state index in [1.165, 1.54) is 12.1 Å². The number of nitrogens with two attached hydrogens (primary N) is 1. The molecule has 1 rings (SSSR count). The van der Waals surface area contributed by atoms with Crippen molar-refractivity contribution in [1.29, 1.82) is 0 Å². The summed E-state index contributed by atoms with van der Waals surface area (Å²) in [6.45, 7) is 4.17. The third-order valence-electron chi connectivity index (χ3n) is 2.04. The zero-order valence-corrected chi connectivity index (χ0v) is 9.18. The number of rotatable bonds is 3. The summed E-state index contributed by atoms with van der Waals surface area (Å²) >= 11 is 5.74. The zero-order chi connectivity index (χ0) is 10.7. The van der Waals surface area contributed by atoms with E-state index < -0.39 is 0 Å². The fraction of sp³-hybridized carbons (Fsp3) is 0.455. The van der Waals surface area contributed by atoms with Crippen LogP contribution in [0.5, 0.6) is 0 Å². The van der Waals surface area contributed by atoms with Crippen molar-refractivity contribution in [2.45, 2.75) is 26.3 Å². The Morgan fingerprint density at radius 3 is 2.50 bits per heavy atom. The molecule has 14 heavy (non-hydrogen) atoms. The highest BCUT2D eigenvalue weighted by atomic mass is 35.5. The van der Waals surface area contributed by atoms with Crippen LogP contribution >= 0.6 is 11.6 Å². The van der Waals surface area contributed by atoms with E-state index in [2.05, 4.69) is 13.8 Å². The molecule has 1 aromatic carbocycles. The first-order valence-corrected chi connectivity index (χ1v) is 5.08. The Morgan fingerprint density at radius 2 is 2.00 bits per heavy atom. The number of hydrogen-bond acceptors (Lipinski definition) is 1. The lowest BCUT2D eigenvalue weighted by atomic mass is 9.98. The maximum atomic E-state index is 13.0. The summed E-state index contributed by atoms with van der Waals surface area (Å²) in [5, 5.41) is 0.402. The number of halogens is 2. The van der Waals surface area contributed by atoms with Gasteiger partial charge in [-0.05, 0) is 36.1 Å². The summed E-state index contributed by atoms with van der Waals surface area (Å²) in [6, 6.07) is 4.31. The molecule has 0 aromatic heterocycles. The van der Waals surface area contributed by atoms with E-state index in [0.29, 0.717) is 10.9 Å². The third-order valence-corrected chi connectivity index (χ3v) is 2.26. The minimum Gasteiger partial charge on any atom is -0.324 e. The van der Waals surface area contributed by atoms with Crippen molar-refractivity contribution < 1.29 is 4.39 Å². The molecular formula is C11H15ClFN. The van der Waals surface area contributed by atoms with Gasteiger partial charge in [0.25, 0.3) is 0 Å². The minimum atomic E-state index is -0.327. The molecule has 2 N–H and O–H groups in total. The summed E-state index contributed by atoms with van der Waals surface area (Å²) in [5.74, 6) is 0.166. The molecule has 0 aliphatic rings. The quantitative estimate of drug-likeness (QED) is 0.820. The monoisotopic (exact) mass is 215 g/mol. The smallest absolute Gasteiger partial charge is 0.125 e. The summed E-state index contributed by atoms with van der Waals surface area (Å²) < 4.78 is 13.0. The maximum absolute atomic E-state index is 13.0. The van der Waals surface area contributed by atoms with Crippen LogP contribution in [0.25, 0.3) is 0 Å². The summed E-state index contributed by atoms with van der Waals surface area (Å²) in [5.41, 5.74) is 6.68. The van der Waals surface area contributed by atoms with Crippen LogP contribution in [0.2, 0.25) is 5.02 Å². The van der Waals surface area contributed by atoms with E-state index >= 15 is 0 Å². The number of hydrogen-bond donors (Lipinski definition) is 1. The second-order valence-corrected chi connectivity index (χ2v) is 4.38. The van der Waals surface area contributed by atoms with Crippen molar-refractivity contribution in [2.24, 2.45) is 11.7 Å². The fourth-order valence-electron chi connectivity index (χ4n) is 1.43. The van der Waals surface area contributed by atoms with Gasteiger partial charge in [-0.25, -0.2) is 4.39 Å².